The number of rotatable bonds is 3. The number of hydrazone groups is 1. The molecule has 3 N–H and O–H groups in total. The molecule has 7 nitrogen and oxygen atoms in total. The highest BCUT2D eigenvalue weighted by Crippen LogP contribution is 2.27. The summed E-state index contributed by atoms with van der Waals surface area (Å²) < 4.78 is 13.8. The van der Waals surface area contributed by atoms with Crippen LogP contribution in [0.15, 0.2) is 100 Å². The highest BCUT2D eigenvalue weighted by Gasteiger charge is 2.36. The average Bonchev–Trinajstić information content (AvgIpc) is 3.20. The van der Waals surface area contributed by atoms with Crippen molar-refractivity contribution < 1.29 is 4.39 Å². The maximum Gasteiger partial charge on any atom is 0.254 e. The molecule has 1 atom stereocenters. The van der Waals surface area contributed by atoms with Gasteiger partial charge in [0.05, 0.1) is 0 Å². The predicted octanol–water partition coefficient (Wildman–Crippen LogP) is 3.95. The number of guanidine groups is 3. The largest absolute Gasteiger partial charge is 0.325 e. The molecule has 0 saturated heterocycles. The molecule has 3 aromatic carbocycles. The standard InChI is InChI=1S/C22H18FN7/c23-16-9-7-8-15(14-16)19-28-29-22-27-20(24-17-10-3-1-4-11-17)26-21(30(19)22)25-18-12-5-2-6-13-18/h1-14,19,28H,(H2,24,25,26,27,29). The van der Waals surface area contributed by atoms with Crippen LogP contribution in [0.2, 0.25) is 0 Å². The van der Waals surface area contributed by atoms with E-state index in [-0.39, 0.29) is 5.82 Å². The number of aliphatic imine (C=N–C) groups is 2. The molecule has 2 aliphatic rings. The van der Waals surface area contributed by atoms with Gasteiger partial charge in [0.25, 0.3) is 5.96 Å². The SMILES string of the molecule is Fc1cccc(C2NN=C3N=C(Nc4ccccc4)N=C(Nc4ccccc4)N32)c1. The zero-order chi connectivity index (χ0) is 20.3. The molecule has 5 rings (SSSR count). The van der Waals surface area contributed by atoms with Crippen LogP contribution >= 0.6 is 0 Å². The normalized spacial score (nSPS) is 17.3. The summed E-state index contributed by atoms with van der Waals surface area (Å²) in [6.07, 6.45) is -0.437. The van der Waals surface area contributed by atoms with Crippen LogP contribution in [0, 0.1) is 5.82 Å². The zero-order valence-electron chi connectivity index (χ0n) is 15.8. The van der Waals surface area contributed by atoms with Gasteiger partial charge in [-0.2, -0.15) is 9.98 Å². The van der Waals surface area contributed by atoms with E-state index in [0.717, 1.165) is 11.4 Å². The highest BCUT2D eigenvalue weighted by atomic mass is 19.1. The predicted molar refractivity (Wildman–Crippen MR) is 117 cm³/mol. The molecule has 2 aliphatic heterocycles. The Labute approximate surface area is 172 Å². The van der Waals surface area contributed by atoms with Crippen molar-refractivity contribution in [2.24, 2.45) is 15.1 Å². The number of nitrogens with zero attached hydrogens (tertiary/aromatic N) is 4. The summed E-state index contributed by atoms with van der Waals surface area (Å²) in [6.45, 7) is 0. The quantitative estimate of drug-likeness (QED) is 0.623. The first-order chi connectivity index (χ1) is 14.8. The maximum atomic E-state index is 13.8. The van der Waals surface area contributed by atoms with Crippen LogP contribution < -0.4 is 16.1 Å². The van der Waals surface area contributed by atoms with Crippen molar-refractivity contribution in [1.29, 1.82) is 0 Å². The molecule has 0 radical (unpaired) electrons. The van der Waals surface area contributed by atoms with Gasteiger partial charge in [0.15, 0.2) is 6.17 Å². The number of hydrogen-bond donors (Lipinski definition) is 3. The summed E-state index contributed by atoms with van der Waals surface area (Å²) in [6, 6.07) is 25.7. The Hall–Kier alpha value is -4.20. The molecule has 0 fully saturated rings. The molecule has 8 heteroatoms. The minimum atomic E-state index is -0.437. The first kappa shape index (κ1) is 17.9. The van der Waals surface area contributed by atoms with Crippen molar-refractivity contribution in [1.82, 2.24) is 10.3 Å². The summed E-state index contributed by atoms with van der Waals surface area (Å²) >= 11 is 0. The Morgan fingerprint density at radius 1 is 0.800 bits per heavy atom. The van der Waals surface area contributed by atoms with Gasteiger partial charge >= 0.3 is 0 Å². The summed E-state index contributed by atoms with van der Waals surface area (Å²) in [5, 5.41) is 10.9. The number of halogens is 1. The molecular weight excluding hydrogens is 381 g/mol. The summed E-state index contributed by atoms with van der Waals surface area (Å²) in [7, 11) is 0. The third kappa shape index (κ3) is 3.58. The first-order valence-electron chi connectivity index (χ1n) is 9.46. The van der Waals surface area contributed by atoms with E-state index in [0.29, 0.717) is 23.4 Å². The van der Waals surface area contributed by atoms with Gasteiger partial charge in [0, 0.05) is 11.4 Å². The number of benzene rings is 3. The fourth-order valence-corrected chi connectivity index (χ4v) is 3.26. The lowest BCUT2D eigenvalue weighted by Gasteiger charge is -2.29. The number of hydrogen-bond acceptors (Lipinski definition) is 7. The lowest BCUT2D eigenvalue weighted by Crippen LogP contribution is -2.45. The van der Waals surface area contributed by atoms with Gasteiger partial charge in [-0.1, -0.05) is 48.5 Å². The van der Waals surface area contributed by atoms with E-state index in [1.165, 1.54) is 12.1 Å². The number of fused-ring (bicyclic) bond motifs is 1. The van der Waals surface area contributed by atoms with Crippen molar-refractivity contribution in [2.45, 2.75) is 6.17 Å². The lowest BCUT2D eigenvalue weighted by molar-refractivity contribution is 0.417. The molecule has 0 saturated carbocycles. The number of para-hydroxylation sites is 2. The minimum absolute atomic E-state index is 0.316. The fourth-order valence-electron chi connectivity index (χ4n) is 3.26. The van der Waals surface area contributed by atoms with E-state index in [4.69, 9.17) is 0 Å². The second-order valence-electron chi connectivity index (χ2n) is 6.72. The molecule has 0 aromatic heterocycles. The van der Waals surface area contributed by atoms with Crippen LogP contribution in [0.1, 0.15) is 11.7 Å². The van der Waals surface area contributed by atoms with Crippen molar-refractivity contribution in [3.8, 4) is 0 Å². The smallest absolute Gasteiger partial charge is 0.254 e. The Bertz CT molecular complexity index is 1140. The molecule has 0 bridgehead atoms. The Balaban J connectivity index is 1.50. The van der Waals surface area contributed by atoms with Gasteiger partial charge in [0.1, 0.15) is 5.82 Å². The van der Waals surface area contributed by atoms with E-state index in [2.05, 4.69) is 31.1 Å². The average molecular weight is 399 g/mol. The van der Waals surface area contributed by atoms with E-state index in [1.807, 2.05) is 66.7 Å². The second-order valence-corrected chi connectivity index (χ2v) is 6.72. The van der Waals surface area contributed by atoms with E-state index in [9.17, 15) is 4.39 Å². The van der Waals surface area contributed by atoms with E-state index >= 15 is 0 Å². The van der Waals surface area contributed by atoms with Gasteiger partial charge in [0.2, 0.25) is 11.9 Å². The van der Waals surface area contributed by atoms with Gasteiger partial charge in [-0.15, -0.1) is 5.10 Å². The van der Waals surface area contributed by atoms with Crippen LogP contribution in [-0.2, 0) is 0 Å². The summed E-state index contributed by atoms with van der Waals surface area (Å²) in [5.74, 6) is 1.03. The van der Waals surface area contributed by atoms with Crippen LogP contribution in [0.25, 0.3) is 0 Å². The third-order valence-electron chi connectivity index (χ3n) is 4.63. The van der Waals surface area contributed by atoms with Crippen molar-refractivity contribution in [2.75, 3.05) is 10.6 Å². The molecule has 3 aromatic rings. The van der Waals surface area contributed by atoms with Crippen LogP contribution in [0.4, 0.5) is 15.8 Å². The van der Waals surface area contributed by atoms with Crippen molar-refractivity contribution in [3.05, 3.63) is 96.3 Å². The number of anilines is 2. The molecule has 1 unspecified atom stereocenters. The summed E-state index contributed by atoms with van der Waals surface area (Å²) in [5.41, 5.74) is 5.47. The van der Waals surface area contributed by atoms with Crippen molar-refractivity contribution in [3.63, 3.8) is 0 Å². The minimum Gasteiger partial charge on any atom is -0.325 e. The first-order valence-corrected chi connectivity index (χ1v) is 9.46. The molecule has 0 amide bonds. The maximum absolute atomic E-state index is 13.8. The Morgan fingerprint density at radius 3 is 2.20 bits per heavy atom. The molecule has 30 heavy (non-hydrogen) atoms. The van der Waals surface area contributed by atoms with Gasteiger partial charge < -0.3 is 10.6 Å². The molecular formula is C22H18FN7. The second kappa shape index (κ2) is 7.67. The number of nitrogens with one attached hydrogen (secondary N) is 3. The van der Waals surface area contributed by atoms with Crippen molar-refractivity contribution >= 4 is 29.3 Å². The Morgan fingerprint density at radius 2 is 1.50 bits per heavy atom. The molecule has 0 spiro atoms. The van der Waals surface area contributed by atoms with Gasteiger partial charge in [-0.05, 0) is 42.0 Å². The Kier molecular flexibility index (Phi) is 4.57. The molecule has 148 valence electrons. The third-order valence-corrected chi connectivity index (χ3v) is 4.63. The lowest BCUT2D eigenvalue weighted by atomic mass is 10.1. The summed E-state index contributed by atoms with van der Waals surface area (Å²) in [4.78, 5) is 11.0. The van der Waals surface area contributed by atoms with Crippen LogP contribution in [0.3, 0.4) is 0 Å². The topological polar surface area (TPSA) is 76.4 Å². The molecule has 0 aliphatic carbocycles. The van der Waals surface area contributed by atoms with E-state index in [1.54, 1.807) is 11.0 Å². The van der Waals surface area contributed by atoms with Crippen LogP contribution in [0.5, 0.6) is 0 Å². The van der Waals surface area contributed by atoms with Crippen LogP contribution in [-0.4, -0.2) is 22.8 Å². The fraction of sp³-hybridized carbons (Fsp3) is 0.0455. The molecule has 2 heterocycles. The van der Waals surface area contributed by atoms with Gasteiger partial charge in [-0.25, -0.2) is 4.39 Å². The van der Waals surface area contributed by atoms with Gasteiger partial charge in [-0.3, -0.25) is 10.3 Å². The van der Waals surface area contributed by atoms with E-state index < -0.39 is 6.17 Å². The zero-order valence-corrected chi connectivity index (χ0v) is 15.8. The highest BCUT2D eigenvalue weighted by molar-refractivity contribution is 6.19. The monoisotopic (exact) mass is 399 g/mol.